The number of hydrogen-bond acceptors (Lipinski definition) is 5. The lowest BCUT2D eigenvalue weighted by atomic mass is 10.2. The van der Waals surface area contributed by atoms with Gasteiger partial charge in [-0.05, 0) is 42.7 Å². The van der Waals surface area contributed by atoms with Gasteiger partial charge in [-0.1, -0.05) is 18.7 Å². The lowest BCUT2D eigenvalue weighted by Crippen LogP contribution is -2.11. The lowest BCUT2D eigenvalue weighted by molar-refractivity contribution is 0.563. The van der Waals surface area contributed by atoms with Crippen molar-refractivity contribution in [3.63, 3.8) is 0 Å². The molecule has 15 heavy (non-hydrogen) atoms. The molecule has 1 aliphatic carbocycles. The first-order chi connectivity index (χ1) is 7.35. The van der Waals surface area contributed by atoms with E-state index in [1.807, 2.05) is 4.68 Å². The molecule has 1 heterocycles. The van der Waals surface area contributed by atoms with Crippen LogP contribution >= 0.6 is 11.8 Å². The van der Waals surface area contributed by atoms with Gasteiger partial charge in [-0.25, -0.2) is 4.68 Å². The quantitative estimate of drug-likeness (QED) is 0.740. The molecule has 0 aliphatic heterocycles. The predicted octanol–water partition coefficient (Wildman–Crippen LogP) is 1.23. The van der Waals surface area contributed by atoms with Crippen LogP contribution in [0.2, 0.25) is 0 Å². The molecule has 1 unspecified atom stereocenters. The second-order valence-corrected chi connectivity index (χ2v) is 5.13. The molecule has 1 saturated carbocycles. The van der Waals surface area contributed by atoms with Crippen molar-refractivity contribution in [3.05, 3.63) is 0 Å². The third-order valence-electron chi connectivity index (χ3n) is 2.57. The SMILES string of the molecule is CCC(CCN)Sc1nnnn1C1CC1. The number of hydrogen-bond donors (Lipinski definition) is 1. The molecule has 6 heteroatoms. The van der Waals surface area contributed by atoms with E-state index in [0.29, 0.717) is 11.3 Å². The molecular weight excluding hydrogens is 210 g/mol. The molecular formula is C9H17N5S. The standard InChI is InChI=1S/C9H17N5S/c1-2-8(5-6-10)15-9-11-12-13-14(9)7-3-4-7/h7-8H,2-6,10H2,1H3. The van der Waals surface area contributed by atoms with E-state index in [1.54, 1.807) is 11.8 Å². The van der Waals surface area contributed by atoms with Crippen LogP contribution in [0, 0.1) is 0 Å². The van der Waals surface area contributed by atoms with E-state index in [4.69, 9.17) is 5.73 Å². The van der Waals surface area contributed by atoms with Crippen LogP contribution in [0.1, 0.15) is 38.6 Å². The van der Waals surface area contributed by atoms with Crippen LogP contribution in [0.25, 0.3) is 0 Å². The molecule has 5 nitrogen and oxygen atoms in total. The average molecular weight is 227 g/mol. The Balaban J connectivity index is 1.98. The summed E-state index contributed by atoms with van der Waals surface area (Å²) < 4.78 is 1.96. The van der Waals surface area contributed by atoms with Gasteiger partial charge >= 0.3 is 0 Å². The van der Waals surface area contributed by atoms with E-state index in [1.165, 1.54) is 12.8 Å². The first-order valence-electron chi connectivity index (χ1n) is 5.49. The summed E-state index contributed by atoms with van der Waals surface area (Å²) in [6.45, 7) is 2.91. The van der Waals surface area contributed by atoms with Crippen molar-refractivity contribution in [2.75, 3.05) is 6.54 Å². The zero-order valence-electron chi connectivity index (χ0n) is 8.96. The molecule has 1 aromatic rings. The van der Waals surface area contributed by atoms with Gasteiger partial charge in [0.1, 0.15) is 0 Å². The highest BCUT2D eigenvalue weighted by atomic mass is 32.2. The minimum absolute atomic E-state index is 0.540. The Hall–Kier alpha value is -0.620. The van der Waals surface area contributed by atoms with Gasteiger partial charge in [-0.15, -0.1) is 5.10 Å². The van der Waals surface area contributed by atoms with E-state index < -0.39 is 0 Å². The Morgan fingerprint density at radius 3 is 3.00 bits per heavy atom. The molecule has 2 rings (SSSR count). The van der Waals surface area contributed by atoms with Crippen LogP contribution in [0.4, 0.5) is 0 Å². The van der Waals surface area contributed by atoms with Gasteiger partial charge < -0.3 is 5.73 Å². The van der Waals surface area contributed by atoms with Crippen LogP contribution < -0.4 is 5.73 Å². The van der Waals surface area contributed by atoms with E-state index >= 15 is 0 Å². The van der Waals surface area contributed by atoms with Gasteiger partial charge in [-0.3, -0.25) is 0 Å². The minimum atomic E-state index is 0.540. The summed E-state index contributed by atoms with van der Waals surface area (Å²) in [4.78, 5) is 0. The minimum Gasteiger partial charge on any atom is -0.330 e. The largest absolute Gasteiger partial charge is 0.330 e. The van der Waals surface area contributed by atoms with Crippen LogP contribution in [0.3, 0.4) is 0 Å². The van der Waals surface area contributed by atoms with Gasteiger partial charge in [0.25, 0.3) is 0 Å². The first kappa shape index (κ1) is 10.9. The Morgan fingerprint density at radius 1 is 1.60 bits per heavy atom. The van der Waals surface area contributed by atoms with E-state index in [0.717, 1.165) is 24.5 Å². The molecule has 0 radical (unpaired) electrons. The third kappa shape index (κ3) is 2.69. The van der Waals surface area contributed by atoms with Crippen LogP contribution in [-0.2, 0) is 0 Å². The zero-order chi connectivity index (χ0) is 10.7. The summed E-state index contributed by atoms with van der Waals surface area (Å²) in [5.74, 6) is 0. The number of nitrogens with zero attached hydrogens (tertiary/aromatic N) is 4. The maximum absolute atomic E-state index is 5.57. The smallest absolute Gasteiger partial charge is 0.209 e. The van der Waals surface area contributed by atoms with Crippen molar-refractivity contribution < 1.29 is 0 Å². The molecule has 0 saturated heterocycles. The summed E-state index contributed by atoms with van der Waals surface area (Å²) >= 11 is 1.76. The third-order valence-corrected chi connectivity index (χ3v) is 3.95. The highest BCUT2D eigenvalue weighted by molar-refractivity contribution is 7.99. The fourth-order valence-corrected chi connectivity index (χ4v) is 2.59. The highest BCUT2D eigenvalue weighted by Gasteiger charge is 2.28. The zero-order valence-corrected chi connectivity index (χ0v) is 9.78. The van der Waals surface area contributed by atoms with Gasteiger partial charge in [-0.2, -0.15) is 0 Å². The van der Waals surface area contributed by atoms with E-state index in [9.17, 15) is 0 Å². The maximum atomic E-state index is 5.57. The number of rotatable bonds is 6. The fourth-order valence-electron chi connectivity index (χ4n) is 1.49. The van der Waals surface area contributed by atoms with Crippen molar-refractivity contribution in [3.8, 4) is 0 Å². The van der Waals surface area contributed by atoms with Gasteiger partial charge in [0, 0.05) is 5.25 Å². The Bertz CT molecular complexity index is 309. The second-order valence-electron chi connectivity index (χ2n) is 3.86. The van der Waals surface area contributed by atoms with Gasteiger partial charge in [0.05, 0.1) is 6.04 Å². The summed E-state index contributed by atoms with van der Waals surface area (Å²) in [5.41, 5.74) is 5.57. The molecule has 0 amide bonds. The van der Waals surface area contributed by atoms with E-state index in [2.05, 4.69) is 22.4 Å². The van der Waals surface area contributed by atoms with Crippen molar-refractivity contribution >= 4 is 11.8 Å². The van der Waals surface area contributed by atoms with Crippen LogP contribution in [-0.4, -0.2) is 32.0 Å². The molecule has 0 bridgehead atoms. The molecule has 0 aromatic carbocycles. The van der Waals surface area contributed by atoms with Crippen molar-refractivity contribution in [2.45, 2.75) is 49.1 Å². The van der Waals surface area contributed by atoms with Crippen molar-refractivity contribution in [2.24, 2.45) is 5.73 Å². The van der Waals surface area contributed by atoms with Crippen LogP contribution in [0.5, 0.6) is 0 Å². The summed E-state index contributed by atoms with van der Waals surface area (Å²) in [7, 11) is 0. The molecule has 1 fully saturated rings. The Kier molecular flexibility index (Phi) is 3.58. The molecule has 2 N–H and O–H groups in total. The topological polar surface area (TPSA) is 69.6 Å². The van der Waals surface area contributed by atoms with Crippen molar-refractivity contribution in [1.29, 1.82) is 0 Å². The van der Waals surface area contributed by atoms with E-state index in [-0.39, 0.29) is 0 Å². The fraction of sp³-hybridized carbons (Fsp3) is 0.889. The summed E-state index contributed by atoms with van der Waals surface area (Å²) in [6.07, 6.45) is 4.57. The normalized spacial score (nSPS) is 18.0. The summed E-state index contributed by atoms with van der Waals surface area (Å²) in [6, 6.07) is 0.554. The highest BCUT2D eigenvalue weighted by Crippen LogP contribution is 2.37. The molecule has 1 aromatic heterocycles. The van der Waals surface area contributed by atoms with Crippen LogP contribution in [0.15, 0.2) is 5.16 Å². The van der Waals surface area contributed by atoms with Crippen molar-refractivity contribution in [1.82, 2.24) is 20.2 Å². The number of nitrogens with two attached hydrogens (primary N) is 1. The molecule has 1 aliphatic rings. The number of tetrazole rings is 1. The average Bonchev–Trinajstić information content (AvgIpc) is 2.99. The Labute approximate surface area is 93.8 Å². The monoisotopic (exact) mass is 227 g/mol. The second kappa shape index (κ2) is 4.94. The summed E-state index contributed by atoms with van der Waals surface area (Å²) in [5, 5.41) is 13.3. The molecule has 84 valence electrons. The Morgan fingerprint density at radius 2 is 2.40 bits per heavy atom. The number of aromatic nitrogens is 4. The van der Waals surface area contributed by atoms with Gasteiger partial charge in [0.2, 0.25) is 5.16 Å². The number of thioether (sulfide) groups is 1. The predicted molar refractivity (Wildman–Crippen MR) is 59.7 cm³/mol. The van der Waals surface area contributed by atoms with Gasteiger partial charge in [0.15, 0.2) is 0 Å². The lowest BCUT2D eigenvalue weighted by Gasteiger charge is -2.11. The first-order valence-corrected chi connectivity index (χ1v) is 6.37. The molecule has 0 spiro atoms. The maximum Gasteiger partial charge on any atom is 0.209 e. The molecule has 1 atom stereocenters.